The Hall–Kier alpha value is -1.34. The minimum absolute atomic E-state index is 0.0370. The Bertz CT molecular complexity index is 842. The summed E-state index contributed by atoms with van der Waals surface area (Å²) in [7, 11) is -3.91. The van der Waals surface area contributed by atoms with Crippen molar-refractivity contribution in [3.63, 3.8) is 0 Å². The number of amides is 1. The van der Waals surface area contributed by atoms with Gasteiger partial charge in [-0.3, -0.25) is 4.79 Å². The Morgan fingerprint density at radius 1 is 1.27 bits per heavy atom. The van der Waals surface area contributed by atoms with Crippen LogP contribution in [-0.2, 0) is 10.0 Å². The zero-order valence-corrected chi connectivity index (χ0v) is 14.5. The maximum atomic E-state index is 12.0. The quantitative estimate of drug-likeness (QED) is 0.874. The number of sulfonamides is 1. The molecule has 0 saturated carbocycles. The molecule has 0 radical (unpaired) electrons. The fraction of sp³-hybridized carbons (Fsp3) is 0.0714. The fourth-order valence-corrected chi connectivity index (χ4v) is 3.72. The Morgan fingerprint density at radius 2 is 2.00 bits per heavy atom. The average molecular weight is 376 g/mol. The molecule has 1 amide bonds. The normalized spacial score (nSPS) is 11.8. The highest BCUT2D eigenvalue weighted by atomic mass is 35.5. The van der Waals surface area contributed by atoms with Gasteiger partial charge in [0, 0.05) is 9.90 Å². The van der Waals surface area contributed by atoms with Crippen molar-refractivity contribution in [2.75, 3.05) is 0 Å². The van der Waals surface area contributed by atoms with Crippen LogP contribution in [-0.4, -0.2) is 14.3 Å². The second-order valence-corrected chi connectivity index (χ2v) is 7.78. The molecule has 0 bridgehead atoms. The van der Waals surface area contributed by atoms with Crippen molar-refractivity contribution in [3.05, 3.63) is 61.1 Å². The maximum Gasteiger partial charge on any atom is 0.266 e. The lowest BCUT2D eigenvalue weighted by Gasteiger charge is -2.05. The molecule has 1 aromatic heterocycles. The van der Waals surface area contributed by atoms with Gasteiger partial charge in [-0.15, -0.1) is 11.3 Å². The number of aryl methyl sites for hydroxylation is 1. The molecule has 0 fully saturated rings. The fourth-order valence-electron chi connectivity index (χ4n) is 1.59. The molecule has 2 aromatic rings. The molecule has 1 N–H and O–H groups in total. The Morgan fingerprint density at radius 3 is 2.59 bits per heavy atom. The van der Waals surface area contributed by atoms with Crippen molar-refractivity contribution >= 4 is 56.5 Å². The molecule has 0 aliphatic heterocycles. The van der Waals surface area contributed by atoms with Crippen molar-refractivity contribution in [2.24, 2.45) is 0 Å². The molecule has 0 saturated heterocycles. The van der Waals surface area contributed by atoms with E-state index in [1.165, 1.54) is 35.6 Å². The number of nitrogens with one attached hydrogen (secondary N) is 1. The van der Waals surface area contributed by atoms with Gasteiger partial charge in [-0.1, -0.05) is 23.2 Å². The van der Waals surface area contributed by atoms with Crippen LogP contribution in [0.25, 0.3) is 6.08 Å². The van der Waals surface area contributed by atoms with Gasteiger partial charge in [0.2, 0.25) is 0 Å². The zero-order valence-electron chi connectivity index (χ0n) is 11.3. The Balaban J connectivity index is 2.14. The highest BCUT2D eigenvalue weighted by molar-refractivity contribution is 7.93. The smallest absolute Gasteiger partial charge is 0.266 e. The van der Waals surface area contributed by atoms with Crippen molar-refractivity contribution in [3.8, 4) is 0 Å². The highest BCUT2D eigenvalue weighted by Gasteiger charge is 2.16. The van der Waals surface area contributed by atoms with Crippen LogP contribution in [0.4, 0.5) is 0 Å². The number of halogens is 2. The molecule has 22 heavy (non-hydrogen) atoms. The first-order valence-corrected chi connectivity index (χ1v) is 9.20. The van der Waals surface area contributed by atoms with Crippen molar-refractivity contribution < 1.29 is 13.2 Å². The molecule has 8 heteroatoms. The largest absolute Gasteiger partial charge is 0.268 e. The standard InChI is InChI=1S/C14H11Cl2NO3S2/c1-9-6-11(21-8-9)4-5-22(19,20)17-14(18)12-3-2-10(15)7-13(12)16/h2-8H,1H3,(H,17,18). The van der Waals surface area contributed by atoms with Crippen LogP contribution in [0.1, 0.15) is 20.8 Å². The third kappa shape index (κ3) is 4.58. The molecular formula is C14H11Cl2NO3S2. The summed E-state index contributed by atoms with van der Waals surface area (Å²) in [5, 5.41) is 3.29. The van der Waals surface area contributed by atoms with E-state index in [2.05, 4.69) is 0 Å². The van der Waals surface area contributed by atoms with Crippen molar-refractivity contribution in [2.45, 2.75) is 6.92 Å². The maximum absolute atomic E-state index is 12.0. The van der Waals surface area contributed by atoms with Gasteiger partial charge in [-0.25, -0.2) is 13.1 Å². The lowest BCUT2D eigenvalue weighted by molar-refractivity contribution is 0.0982. The number of hydrogen-bond donors (Lipinski definition) is 1. The topological polar surface area (TPSA) is 63.2 Å². The van der Waals surface area contributed by atoms with E-state index < -0.39 is 15.9 Å². The van der Waals surface area contributed by atoms with Crippen LogP contribution in [0.5, 0.6) is 0 Å². The van der Waals surface area contributed by atoms with Gasteiger partial charge in [-0.05, 0) is 48.2 Å². The Kier molecular flexibility index (Phi) is 5.28. The van der Waals surface area contributed by atoms with Crippen molar-refractivity contribution in [1.29, 1.82) is 0 Å². The second kappa shape index (κ2) is 6.83. The third-order valence-corrected chi connectivity index (χ3v) is 5.10. The van der Waals surface area contributed by atoms with E-state index >= 15 is 0 Å². The summed E-state index contributed by atoms with van der Waals surface area (Å²) < 4.78 is 25.7. The predicted octanol–water partition coefficient (Wildman–Crippen LogP) is 4.09. The molecule has 0 spiro atoms. The summed E-state index contributed by atoms with van der Waals surface area (Å²) in [5.74, 6) is -0.811. The molecule has 2 rings (SSSR count). The number of rotatable bonds is 4. The zero-order chi connectivity index (χ0) is 16.3. The minimum Gasteiger partial charge on any atom is -0.268 e. The molecule has 0 unspecified atom stereocenters. The average Bonchev–Trinajstić information content (AvgIpc) is 2.81. The third-order valence-electron chi connectivity index (χ3n) is 2.57. The number of benzene rings is 1. The Labute approximate surface area is 142 Å². The number of carbonyl (C=O) groups excluding carboxylic acids is 1. The van der Waals surface area contributed by atoms with E-state index in [4.69, 9.17) is 23.2 Å². The molecule has 4 nitrogen and oxygen atoms in total. The SMILES string of the molecule is Cc1csc(C=CS(=O)(=O)NC(=O)c2ccc(Cl)cc2Cl)c1. The summed E-state index contributed by atoms with van der Waals surface area (Å²) in [6, 6.07) is 6.03. The van der Waals surface area contributed by atoms with Crippen LogP contribution in [0.2, 0.25) is 10.0 Å². The molecular weight excluding hydrogens is 365 g/mol. The lowest BCUT2D eigenvalue weighted by Crippen LogP contribution is -2.28. The van der Waals surface area contributed by atoms with E-state index in [1.807, 2.05) is 23.1 Å². The van der Waals surface area contributed by atoms with E-state index in [1.54, 1.807) is 0 Å². The predicted molar refractivity (Wildman–Crippen MR) is 90.9 cm³/mol. The van der Waals surface area contributed by atoms with Crippen LogP contribution in [0.15, 0.2) is 35.1 Å². The summed E-state index contributed by atoms with van der Waals surface area (Å²) in [4.78, 5) is 12.7. The summed E-state index contributed by atoms with van der Waals surface area (Å²) in [5.41, 5.74) is 1.08. The second-order valence-electron chi connectivity index (χ2n) is 4.43. The van der Waals surface area contributed by atoms with Crippen LogP contribution >= 0.6 is 34.5 Å². The summed E-state index contributed by atoms with van der Waals surface area (Å²) in [6.07, 6.45) is 1.43. The van der Waals surface area contributed by atoms with Gasteiger partial charge in [0.05, 0.1) is 16.0 Å². The van der Waals surface area contributed by atoms with Crippen LogP contribution in [0, 0.1) is 6.92 Å². The summed E-state index contributed by atoms with van der Waals surface area (Å²) in [6.45, 7) is 1.91. The molecule has 0 aliphatic rings. The monoisotopic (exact) mass is 375 g/mol. The minimum atomic E-state index is -3.91. The molecule has 116 valence electrons. The molecule has 0 atom stereocenters. The molecule has 1 heterocycles. The number of thiophene rings is 1. The van der Waals surface area contributed by atoms with Gasteiger partial charge in [0.15, 0.2) is 0 Å². The van der Waals surface area contributed by atoms with E-state index in [0.29, 0.717) is 5.02 Å². The van der Waals surface area contributed by atoms with E-state index in [9.17, 15) is 13.2 Å². The molecule has 1 aromatic carbocycles. The van der Waals surface area contributed by atoms with Crippen molar-refractivity contribution in [1.82, 2.24) is 4.72 Å². The first-order chi connectivity index (χ1) is 10.3. The number of carbonyl (C=O) groups is 1. The van der Waals surface area contributed by atoms with Crippen LogP contribution < -0.4 is 4.72 Å². The van der Waals surface area contributed by atoms with E-state index in [-0.39, 0.29) is 10.6 Å². The van der Waals surface area contributed by atoms with Gasteiger partial charge in [0.1, 0.15) is 0 Å². The van der Waals surface area contributed by atoms with Gasteiger partial charge in [-0.2, -0.15) is 0 Å². The summed E-state index contributed by atoms with van der Waals surface area (Å²) >= 11 is 13.0. The highest BCUT2D eigenvalue weighted by Crippen LogP contribution is 2.21. The first kappa shape index (κ1) is 17.0. The number of hydrogen-bond acceptors (Lipinski definition) is 4. The first-order valence-electron chi connectivity index (χ1n) is 6.02. The van der Waals surface area contributed by atoms with Crippen LogP contribution in [0.3, 0.4) is 0 Å². The van der Waals surface area contributed by atoms with Gasteiger partial charge in [0.25, 0.3) is 15.9 Å². The van der Waals surface area contributed by atoms with Gasteiger partial charge >= 0.3 is 0 Å². The molecule has 0 aliphatic carbocycles. The lowest BCUT2D eigenvalue weighted by atomic mass is 10.2. The van der Waals surface area contributed by atoms with Gasteiger partial charge < -0.3 is 0 Å². The van der Waals surface area contributed by atoms with E-state index in [0.717, 1.165) is 15.8 Å².